The van der Waals surface area contributed by atoms with E-state index in [-0.39, 0.29) is 12.3 Å². The van der Waals surface area contributed by atoms with Crippen molar-refractivity contribution in [1.29, 1.82) is 0 Å². The number of nitrogens with one attached hydrogen (secondary N) is 1. The van der Waals surface area contributed by atoms with E-state index in [1.807, 2.05) is 24.3 Å². The first-order valence-electron chi connectivity index (χ1n) is 17.4. The van der Waals surface area contributed by atoms with Crippen LogP contribution in [0.15, 0.2) is 185 Å². The first-order chi connectivity index (χ1) is 25.3. The van der Waals surface area contributed by atoms with Gasteiger partial charge in [0, 0.05) is 27.3 Å². The van der Waals surface area contributed by atoms with Gasteiger partial charge in [0.1, 0.15) is 17.0 Å². The lowest BCUT2D eigenvalue weighted by Gasteiger charge is -2.44. The number of benzene rings is 8. The summed E-state index contributed by atoms with van der Waals surface area (Å²) < 4.78 is 7.07. The lowest BCUT2D eigenvalue weighted by molar-refractivity contribution is 0.633. The average Bonchev–Trinajstić information content (AvgIpc) is 3.61. The summed E-state index contributed by atoms with van der Waals surface area (Å²) in [6.45, 7) is 0. The van der Waals surface area contributed by atoms with Crippen molar-refractivity contribution in [3.05, 3.63) is 198 Å². The maximum absolute atomic E-state index is 7.07. The SMILES string of the molecule is c1ccc(C2=NC(c3ccccc3)[N-]C(c3ccc(-c4ccc(-c5ccccc5)c5ccccc45)c4oc5c6ccccc6ccc5c34)N2)cc1. The van der Waals surface area contributed by atoms with E-state index in [4.69, 9.17) is 14.7 Å². The number of hydrogen-bond donors (Lipinski definition) is 1. The second-order valence-corrected chi connectivity index (χ2v) is 13.1. The van der Waals surface area contributed by atoms with Crippen molar-refractivity contribution < 1.29 is 4.42 Å². The average molecular weight is 655 g/mol. The summed E-state index contributed by atoms with van der Waals surface area (Å²) in [5.41, 5.74) is 9.47. The molecule has 2 heterocycles. The fraction of sp³-hybridized carbons (Fsp3) is 0.0426. The van der Waals surface area contributed by atoms with Gasteiger partial charge in [-0.1, -0.05) is 170 Å². The van der Waals surface area contributed by atoms with Gasteiger partial charge in [0.25, 0.3) is 0 Å². The fourth-order valence-electron chi connectivity index (χ4n) is 7.68. The maximum atomic E-state index is 7.07. The largest absolute Gasteiger partial charge is 0.613 e. The summed E-state index contributed by atoms with van der Waals surface area (Å²) in [6.07, 6.45) is -0.736. The van der Waals surface area contributed by atoms with Gasteiger partial charge in [0.2, 0.25) is 0 Å². The van der Waals surface area contributed by atoms with Crippen LogP contribution < -0.4 is 5.32 Å². The molecule has 1 aliphatic heterocycles. The topological polar surface area (TPSA) is 51.6 Å². The van der Waals surface area contributed by atoms with Crippen LogP contribution in [0, 0.1) is 0 Å². The second kappa shape index (κ2) is 12.1. The maximum Gasteiger partial charge on any atom is 0.143 e. The Labute approximate surface area is 295 Å². The summed E-state index contributed by atoms with van der Waals surface area (Å²) >= 11 is 0. The number of furan rings is 1. The highest BCUT2D eigenvalue weighted by Gasteiger charge is 2.24. The summed E-state index contributed by atoms with van der Waals surface area (Å²) in [4.78, 5) is 5.12. The van der Waals surface area contributed by atoms with Crippen molar-refractivity contribution in [3.8, 4) is 22.3 Å². The van der Waals surface area contributed by atoms with E-state index in [1.54, 1.807) is 0 Å². The van der Waals surface area contributed by atoms with E-state index in [0.717, 1.165) is 66.4 Å². The van der Waals surface area contributed by atoms with Crippen molar-refractivity contribution in [1.82, 2.24) is 5.32 Å². The molecule has 4 nitrogen and oxygen atoms in total. The van der Waals surface area contributed by atoms with E-state index in [0.29, 0.717) is 0 Å². The van der Waals surface area contributed by atoms with Crippen LogP contribution in [-0.4, -0.2) is 5.84 Å². The molecular weight excluding hydrogens is 623 g/mol. The van der Waals surface area contributed by atoms with E-state index in [2.05, 4.69) is 157 Å². The van der Waals surface area contributed by atoms with Gasteiger partial charge in [-0.2, -0.15) is 0 Å². The van der Waals surface area contributed by atoms with E-state index >= 15 is 0 Å². The standard InChI is InChI=1S/C47H32N3O/c1-4-14-30(15-5-1)34-26-27-38(37-23-13-12-22-36(34)37)39-28-29-41(42-40-25-24-31-16-10-11-21-35(31)43(40)51-44(39)42)47-49-45(32-17-6-2-7-18-32)48-46(50-47)33-19-8-3-9-20-33/h1-29,45,47H,(H,48,50)/q-1. The third kappa shape index (κ3) is 5.00. The van der Waals surface area contributed by atoms with Gasteiger partial charge in [0.05, 0.1) is 0 Å². The summed E-state index contributed by atoms with van der Waals surface area (Å²) in [5.74, 6) is 0.822. The van der Waals surface area contributed by atoms with Gasteiger partial charge in [-0.3, -0.25) is 4.99 Å². The molecule has 0 saturated heterocycles. The predicted octanol–water partition coefficient (Wildman–Crippen LogP) is 12.3. The highest BCUT2D eigenvalue weighted by Crippen LogP contribution is 2.47. The second-order valence-electron chi connectivity index (χ2n) is 13.1. The number of aliphatic imine (C=N–C) groups is 1. The molecule has 242 valence electrons. The minimum absolute atomic E-state index is 0.365. The first-order valence-corrected chi connectivity index (χ1v) is 17.4. The van der Waals surface area contributed by atoms with Crippen LogP contribution in [-0.2, 0) is 0 Å². The highest BCUT2D eigenvalue weighted by atomic mass is 16.3. The Hall–Kier alpha value is -6.49. The predicted molar refractivity (Wildman–Crippen MR) is 211 cm³/mol. The molecule has 0 amide bonds. The molecule has 2 unspecified atom stereocenters. The zero-order chi connectivity index (χ0) is 33.7. The third-order valence-corrected chi connectivity index (χ3v) is 10.1. The molecule has 9 aromatic rings. The minimum atomic E-state index is -0.371. The van der Waals surface area contributed by atoms with Gasteiger partial charge in [-0.15, -0.1) is 0 Å². The summed E-state index contributed by atoms with van der Waals surface area (Å²) in [7, 11) is 0. The Bertz CT molecular complexity index is 2750. The number of fused-ring (bicyclic) bond motifs is 6. The van der Waals surface area contributed by atoms with E-state index in [9.17, 15) is 0 Å². The molecule has 2 atom stereocenters. The third-order valence-electron chi connectivity index (χ3n) is 10.1. The summed E-state index contributed by atoms with van der Waals surface area (Å²) in [5, 5.41) is 15.8. The van der Waals surface area contributed by atoms with Crippen LogP contribution in [0.1, 0.15) is 29.0 Å². The lowest BCUT2D eigenvalue weighted by Crippen LogP contribution is -2.34. The molecule has 0 spiro atoms. The lowest BCUT2D eigenvalue weighted by atomic mass is 9.90. The van der Waals surface area contributed by atoms with Gasteiger partial charge in [0.15, 0.2) is 0 Å². The van der Waals surface area contributed by atoms with E-state index < -0.39 is 0 Å². The van der Waals surface area contributed by atoms with Gasteiger partial charge < -0.3 is 15.1 Å². The minimum Gasteiger partial charge on any atom is -0.613 e. The molecule has 1 aromatic heterocycles. The quantitative estimate of drug-likeness (QED) is 0.201. The van der Waals surface area contributed by atoms with Crippen LogP contribution in [0.25, 0.3) is 71.1 Å². The monoisotopic (exact) mass is 654 g/mol. The molecule has 0 aliphatic carbocycles. The number of rotatable bonds is 5. The van der Waals surface area contributed by atoms with Crippen LogP contribution in [0.3, 0.4) is 0 Å². The number of amidine groups is 1. The molecule has 0 radical (unpaired) electrons. The van der Waals surface area contributed by atoms with Crippen molar-refractivity contribution in [2.75, 3.05) is 0 Å². The Morgan fingerprint density at radius 2 is 1.08 bits per heavy atom. The van der Waals surface area contributed by atoms with Crippen molar-refractivity contribution >= 4 is 49.3 Å². The van der Waals surface area contributed by atoms with Crippen LogP contribution in [0.4, 0.5) is 0 Å². The Morgan fingerprint density at radius 1 is 0.471 bits per heavy atom. The number of nitrogens with zero attached hydrogens (tertiary/aromatic N) is 2. The molecule has 1 N–H and O–H groups in total. The first kappa shape index (κ1) is 29.4. The van der Waals surface area contributed by atoms with Crippen LogP contribution in [0.5, 0.6) is 0 Å². The zero-order valence-electron chi connectivity index (χ0n) is 27.7. The number of hydrogen-bond acceptors (Lipinski definition) is 3. The van der Waals surface area contributed by atoms with Gasteiger partial charge in [-0.05, 0) is 62.4 Å². The molecule has 0 fully saturated rings. The van der Waals surface area contributed by atoms with E-state index in [1.165, 1.54) is 21.9 Å². The summed E-state index contributed by atoms with van der Waals surface area (Å²) in [6, 6.07) is 61.8. The molecule has 1 aliphatic rings. The Kier molecular flexibility index (Phi) is 7.00. The molecule has 10 rings (SSSR count). The fourth-order valence-corrected chi connectivity index (χ4v) is 7.68. The Balaban J connectivity index is 1.21. The smallest absolute Gasteiger partial charge is 0.143 e. The van der Waals surface area contributed by atoms with Crippen molar-refractivity contribution in [2.24, 2.45) is 4.99 Å². The molecule has 51 heavy (non-hydrogen) atoms. The van der Waals surface area contributed by atoms with Crippen molar-refractivity contribution in [3.63, 3.8) is 0 Å². The molecular formula is C47H32N3O-. The van der Waals surface area contributed by atoms with Gasteiger partial charge in [-0.25, -0.2) is 0 Å². The molecule has 0 saturated carbocycles. The normalized spacial score (nSPS) is 16.0. The van der Waals surface area contributed by atoms with Gasteiger partial charge >= 0.3 is 0 Å². The van der Waals surface area contributed by atoms with Crippen LogP contribution in [0.2, 0.25) is 0 Å². The zero-order valence-corrected chi connectivity index (χ0v) is 27.7. The molecule has 4 heteroatoms. The van der Waals surface area contributed by atoms with Crippen molar-refractivity contribution in [2.45, 2.75) is 12.3 Å². The van der Waals surface area contributed by atoms with Crippen LogP contribution >= 0.6 is 0 Å². The molecule has 8 aromatic carbocycles. The Morgan fingerprint density at radius 3 is 1.84 bits per heavy atom. The molecule has 0 bridgehead atoms. The highest BCUT2D eigenvalue weighted by molar-refractivity contribution is 6.20.